The first-order valence-electron chi connectivity index (χ1n) is 17.9. The van der Waals surface area contributed by atoms with Crippen molar-refractivity contribution in [3.8, 4) is 61.8 Å². The monoisotopic (exact) mass is 665 g/mol. The van der Waals surface area contributed by atoms with Crippen LogP contribution >= 0.6 is 0 Å². The Bertz CT molecular complexity index is 2740. The molecule has 2 aromatic heterocycles. The minimum Gasteiger partial charge on any atom is -0.309 e. The standard InChI is InChI=1S/C49H35N3/c1-49(2)42-24-14-12-22-38(42)40-30-47-41(29-43(40)49)39-23-13-15-25-46(39)52(47)37-27-35(32-16-6-3-7-17-32)26-36(28-37)48-50-44(33-18-8-4-9-19-33)31-45(51-48)34-20-10-5-11-21-34/h3-31H,1-2H3. The summed E-state index contributed by atoms with van der Waals surface area (Å²) in [6.07, 6.45) is 0. The molecule has 0 amide bonds. The van der Waals surface area contributed by atoms with E-state index >= 15 is 0 Å². The van der Waals surface area contributed by atoms with Gasteiger partial charge in [0.2, 0.25) is 0 Å². The number of para-hydroxylation sites is 1. The Kier molecular flexibility index (Phi) is 6.84. The summed E-state index contributed by atoms with van der Waals surface area (Å²) >= 11 is 0. The molecule has 3 heteroatoms. The maximum absolute atomic E-state index is 5.25. The summed E-state index contributed by atoms with van der Waals surface area (Å²) in [6.45, 7) is 4.71. The first-order valence-corrected chi connectivity index (χ1v) is 17.9. The van der Waals surface area contributed by atoms with E-state index in [2.05, 4.69) is 182 Å². The van der Waals surface area contributed by atoms with Gasteiger partial charge >= 0.3 is 0 Å². The SMILES string of the molecule is CC1(C)c2ccccc2-c2cc3c(cc21)c1ccccc1n3-c1cc(-c2ccccc2)cc(-c2nc(-c3ccccc3)cc(-c3ccccc3)n2)c1. The Morgan fingerprint density at radius 1 is 0.404 bits per heavy atom. The lowest BCUT2D eigenvalue weighted by Crippen LogP contribution is -2.14. The van der Waals surface area contributed by atoms with Crippen molar-refractivity contribution in [2.75, 3.05) is 0 Å². The van der Waals surface area contributed by atoms with Crippen molar-refractivity contribution in [3.63, 3.8) is 0 Å². The molecule has 0 fully saturated rings. The molecule has 0 radical (unpaired) electrons. The van der Waals surface area contributed by atoms with Crippen LogP contribution in [0.4, 0.5) is 0 Å². The molecule has 246 valence electrons. The maximum atomic E-state index is 5.25. The van der Waals surface area contributed by atoms with Crippen LogP contribution in [0.1, 0.15) is 25.0 Å². The summed E-state index contributed by atoms with van der Waals surface area (Å²) in [5.41, 5.74) is 15.9. The average molecular weight is 666 g/mol. The topological polar surface area (TPSA) is 30.7 Å². The van der Waals surface area contributed by atoms with Crippen LogP contribution in [0.3, 0.4) is 0 Å². The van der Waals surface area contributed by atoms with Gasteiger partial charge in [0, 0.05) is 38.6 Å². The Morgan fingerprint density at radius 3 is 1.67 bits per heavy atom. The fourth-order valence-electron chi connectivity index (χ4n) is 8.20. The van der Waals surface area contributed by atoms with E-state index in [0.717, 1.165) is 44.9 Å². The molecule has 0 bridgehead atoms. The van der Waals surface area contributed by atoms with Gasteiger partial charge in [-0.1, -0.05) is 147 Å². The lowest BCUT2D eigenvalue weighted by molar-refractivity contribution is 0.661. The normalized spacial score (nSPS) is 13.0. The van der Waals surface area contributed by atoms with E-state index in [-0.39, 0.29) is 5.41 Å². The maximum Gasteiger partial charge on any atom is 0.160 e. The number of hydrogen-bond donors (Lipinski definition) is 0. The highest BCUT2D eigenvalue weighted by Gasteiger charge is 2.36. The minimum atomic E-state index is -0.0821. The van der Waals surface area contributed by atoms with Crippen molar-refractivity contribution in [1.29, 1.82) is 0 Å². The molecule has 0 N–H and O–H groups in total. The number of aromatic nitrogens is 3. The Hall–Kier alpha value is -6.58. The van der Waals surface area contributed by atoms with Crippen LogP contribution in [0.15, 0.2) is 176 Å². The predicted octanol–water partition coefficient (Wildman–Crippen LogP) is 12.5. The summed E-state index contributed by atoms with van der Waals surface area (Å²) in [5, 5.41) is 2.50. The molecule has 0 unspecified atom stereocenters. The van der Waals surface area contributed by atoms with Crippen molar-refractivity contribution in [2.45, 2.75) is 19.3 Å². The first kappa shape index (κ1) is 30.3. The Balaban J connectivity index is 1.26. The van der Waals surface area contributed by atoms with Crippen LogP contribution in [0.25, 0.3) is 83.6 Å². The van der Waals surface area contributed by atoms with Crippen LogP contribution in [0.2, 0.25) is 0 Å². The fourth-order valence-corrected chi connectivity index (χ4v) is 8.20. The fraction of sp³-hybridized carbons (Fsp3) is 0.0612. The summed E-state index contributed by atoms with van der Waals surface area (Å²) in [4.78, 5) is 10.5. The molecule has 2 heterocycles. The second kappa shape index (κ2) is 11.8. The molecular formula is C49H35N3. The van der Waals surface area contributed by atoms with Gasteiger partial charge in [0.25, 0.3) is 0 Å². The van der Waals surface area contributed by atoms with Crippen LogP contribution in [-0.2, 0) is 5.41 Å². The third-order valence-corrected chi connectivity index (χ3v) is 10.8. The zero-order valence-corrected chi connectivity index (χ0v) is 29.1. The van der Waals surface area contributed by atoms with Gasteiger partial charge in [-0.05, 0) is 75.8 Å². The summed E-state index contributed by atoms with van der Waals surface area (Å²) in [7, 11) is 0. The van der Waals surface area contributed by atoms with Crippen LogP contribution in [0.5, 0.6) is 0 Å². The van der Waals surface area contributed by atoms with Gasteiger partial charge in [0.1, 0.15) is 0 Å². The van der Waals surface area contributed by atoms with Crippen LogP contribution in [0, 0.1) is 0 Å². The highest BCUT2D eigenvalue weighted by Crippen LogP contribution is 2.51. The third kappa shape index (κ3) is 4.81. The van der Waals surface area contributed by atoms with E-state index in [1.54, 1.807) is 0 Å². The quantitative estimate of drug-likeness (QED) is 0.183. The molecule has 7 aromatic carbocycles. The molecule has 0 atom stereocenters. The molecule has 0 aliphatic heterocycles. The molecule has 3 nitrogen and oxygen atoms in total. The molecule has 52 heavy (non-hydrogen) atoms. The first-order chi connectivity index (χ1) is 25.5. The van der Waals surface area contributed by atoms with Crippen molar-refractivity contribution >= 4 is 21.8 Å². The highest BCUT2D eigenvalue weighted by molar-refractivity contribution is 6.11. The number of fused-ring (bicyclic) bond motifs is 6. The van der Waals surface area contributed by atoms with Gasteiger partial charge in [-0.25, -0.2) is 9.97 Å². The van der Waals surface area contributed by atoms with Gasteiger partial charge in [-0.3, -0.25) is 0 Å². The molecule has 10 rings (SSSR count). The lowest BCUT2D eigenvalue weighted by atomic mass is 9.82. The number of nitrogens with zero attached hydrogens (tertiary/aromatic N) is 3. The lowest BCUT2D eigenvalue weighted by Gasteiger charge is -2.21. The number of rotatable bonds is 5. The van der Waals surface area contributed by atoms with Crippen molar-refractivity contribution in [3.05, 3.63) is 187 Å². The zero-order valence-electron chi connectivity index (χ0n) is 29.1. The van der Waals surface area contributed by atoms with E-state index < -0.39 is 0 Å². The Labute approximate surface area is 303 Å². The van der Waals surface area contributed by atoms with Gasteiger partial charge in [-0.15, -0.1) is 0 Å². The molecule has 0 saturated carbocycles. The van der Waals surface area contributed by atoms with Crippen molar-refractivity contribution in [2.24, 2.45) is 0 Å². The molecule has 0 saturated heterocycles. The van der Waals surface area contributed by atoms with Crippen molar-refractivity contribution in [1.82, 2.24) is 14.5 Å². The summed E-state index contributed by atoms with van der Waals surface area (Å²) < 4.78 is 2.44. The molecule has 0 spiro atoms. The second-order valence-electron chi connectivity index (χ2n) is 14.3. The van der Waals surface area contributed by atoms with Crippen LogP contribution in [-0.4, -0.2) is 14.5 Å². The molecule has 9 aromatic rings. The minimum absolute atomic E-state index is 0.0821. The van der Waals surface area contributed by atoms with Gasteiger partial charge in [0.15, 0.2) is 5.82 Å². The molecular weight excluding hydrogens is 631 g/mol. The highest BCUT2D eigenvalue weighted by atomic mass is 15.0. The summed E-state index contributed by atoms with van der Waals surface area (Å²) in [5.74, 6) is 0.691. The number of hydrogen-bond acceptors (Lipinski definition) is 2. The van der Waals surface area contributed by atoms with E-state index in [1.807, 2.05) is 12.1 Å². The van der Waals surface area contributed by atoms with Gasteiger partial charge in [0.05, 0.1) is 22.4 Å². The molecule has 1 aliphatic carbocycles. The molecule has 1 aliphatic rings. The van der Waals surface area contributed by atoms with Crippen LogP contribution < -0.4 is 0 Å². The van der Waals surface area contributed by atoms with Gasteiger partial charge < -0.3 is 4.57 Å². The number of benzene rings is 7. The summed E-state index contributed by atoms with van der Waals surface area (Å²) in [6, 6.07) is 62.9. The van der Waals surface area contributed by atoms with E-state index in [4.69, 9.17) is 9.97 Å². The second-order valence-corrected chi connectivity index (χ2v) is 14.3. The third-order valence-electron chi connectivity index (χ3n) is 10.8. The van der Waals surface area contributed by atoms with Crippen molar-refractivity contribution < 1.29 is 0 Å². The zero-order chi connectivity index (χ0) is 34.8. The smallest absolute Gasteiger partial charge is 0.160 e. The largest absolute Gasteiger partial charge is 0.309 e. The Morgan fingerprint density at radius 2 is 0.981 bits per heavy atom. The van der Waals surface area contributed by atoms with E-state index in [1.165, 1.54) is 44.1 Å². The van der Waals surface area contributed by atoms with Gasteiger partial charge in [-0.2, -0.15) is 0 Å². The van der Waals surface area contributed by atoms with E-state index in [0.29, 0.717) is 5.82 Å². The van der Waals surface area contributed by atoms with E-state index in [9.17, 15) is 0 Å². The predicted molar refractivity (Wildman–Crippen MR) is 216 cm³/mol. The average Bonchev–Trinajstić information content (AvgIpc) is 3.65.